The van der Waals surface area contributed by atoms with Crippen molar-refractivity contribution in [1.82, 2.24) is 20.0 Å². The lowest BCUT2D eigenvalue weighted by Gasteiger charge is -2.26. The number of hydrogen-bond acceptors (Lipinski definition) is 6. The maximum Gasteiger partial charge on any atom is 0.273 e. The van der Waals surface area contributed by atoms with Gasteiger partial charge in [-0.25, -0.2) is 9.97 Å². The van der Waals surface area contributed by atoms with E-state index in [9.17, 15) is 4.79 Å². The van der Waals surface area contributed by atoms with Crippen LogP contribution >= 0.6 is 0 Å². The van der Waals surface area contributed by atoms with Crippen LogP contribution in [-0.4, -0.2) is 32.0 Å². The molecule has 7 nitrogen and oxygen atoms in total. The molecular formula is C20H23N5O2. The Balaban J connectivity index is 1.85. The van der Waals surface area contributed by atoms with Gasteiger partial charge < -0.3 is 14.7 Å². The van der Waals surface area contributed by atoms with E-state index in [1.54, 1.807) is 24.0 Å². The van der Waals surface area contributed by atoms with E-state index in [-0.39, 0.29) is 11.9 Å². The second-order valence-electron chi connectivity index (χ2n) is 6.65. The summed E-state index contributed by atoms with van der Waals surface area (Å²) in [6.07, 6.45) is 0. The molecule has 27 heavy (non-hydrogen) atoms. The average Bonchev–Trinajstić information content (AvgIpc) is 3.04. The third kappa shape index (κ3) is 4.69. The van der Waals surface area contributed by atoms with Gasteiger partial charge in [-0.3, -0.25) is 4.79 Å². The SMILES string of the molecule is Cc1nc(Nc2cc(C)on2)cc(C(=O)N(Cc2ccccc2)C(C)C)n1. The van der Waals surface area contributed by atoms with E-state index < -0.39 is 0 Å². The molecule has 1 amide bonds. The summed E-state index contributed by atoms with van der Waals surface area (Å²) >= 11 is 0. The molecule has 2 heterocycles. The molecule has 0 unspecified atom stereocenters. The Labute approximate surface area is 158 Å². The first-order chi connectivity index (χ1) is 12.9. The number of amides is 1. The zero-order valence-corrected chi connectivity index (χ0v) is 15.9. The average molecular weight is 365 g/mol. The molecule has 0 atom stereocenters. The molecule has 0 saturated carbocycles. The highest BCUT2D eigenvalue weighted by molar-refractivity contribution is 5.93. The number of benzene rings is 1. The van der Waals surface area contributed by atoms with Crippen molar-refractivity contribution in [2.75, 3.05) is 5.32 Å². The first kappa shape index (κ1) is 18.6. The van der Waals surface area contributed by atoms with Crippen LogP contribution in [-0.2, 0) is 6.54 Å². The molecule has 0 saturated heterocycles. The van der Waals surface area contributed by atoms with Gasteiger partial charge in [0.05, 0.1) is 0 Å². The summed E-state index contributed by atoms with van der Waals surface area (Å²) < 4.78 is 5.05. The molecule has 0 spiro atoms. The summed E-state index contributed by atoms with van der Waals surface area (Å²) in [6.45, 7) is 8.07. The zero-order valence-electron chi connectivity index (χ0n) is 15.9. The highest BCUT2D eigenvalue weighted by Crippen LogP contribution is 2.18. The Bertz CT molecular complexity index is 921. The minimum Gasteiger partial charge on any atom is -0.360 e. The monoisotopic (exact) mass is 365 g/mol. The molecule has 1 aromatic carbocycles. The van der Waals surface area contributed by atoms with E-state index >= 15 is 0 Å². The largest absolute Gasteiger partial charge is 0.360 e. The van der Waals surface area contributed by atoms with E-state index in [0.29, 0.717) is 35.5 Å². The van der Waals surface area contributed by atoms with Gasteiger partial charge in [0, 0.05) is 24.7 Å². The van der Waals surface area contributed by atoms with E-state index in [1.165, 1.54) is 0 Å². The van der Waals surface area contributed by atoms with Gasteiger partial charge in [-0.1, -0.05) is 35.5 Å². The van der Waals surface area contributed by atoms with Crippen LogP contribution in [0.5, 0.6) is 0 Å². The maximum atomic E-state index is 13.1. The van der Waals surface area contributed by atoms with E-state index in [2.05, 4.69) is 20.4 Å². The van der Waals surface area contributed by atoms with Crippen LogP contribution in [0, 0.1) is 13.8 Å². The van der Waals surface area contributed by atoms with Crippen molar-refractivity contribution in [1.29, 1.82) is 0 Å². The number of aromatic nitrogens is 3. The van der Waals surface area contributed by atoms with Crippen molar-refractivity contribution in [3.63, 3.8) is 0 Å². The fraction of sp³-hybridized carbons (Fsp3) is 0.300. The third-order valence-corrected chi connectivity index (χ3v) is 4.02. The fourth-order valence-electron chi connectivity index (χ4n) is 2.71. The summed E-state index contributed by atoms with van der Waals surface area (Å²) in [5, 5.41) is 6.94. The Morgan fingerprint density at radius 1 is 1.11 bits per heavy atom. The normalized spacial score (nSPS) is 10.9. The van der Waals surface area contributed by atoms with Gasteiger partial charge in [-0.15, -0.1) is 0 Å². The van der Waals surface area contributed by atoms with Crippen molar-refractivity contribution < 1.29 is 9.32 Å². The Hall–Kier alpha value is -3.22. The van der Waals surface area contributed by atoms with Crippen molar-refractivity contribution in [3.05, 3.63) is 65.3 Å². The molecule has 0 aliphatic rings. The lowest BCUT2D eigenvalue weighted by atomic mass is 10.1. The number of carbonyl (C=O) groups excluding carboxylic acids is 1. The highest BCUT2D eigenvalue weighted by atomic mass is 16.5. The minimum absolute atomic E-state index is 0.0302. The molecule has 0 aliphatic heterocycles. The number of carbonyl (C=O) groups is 1. The molecular weight excluding hydrogens is 342 g/mol. The van der Waals surface area contributed by atoms with Crippen LogP contribution < -0.4 is 5.32 Å². The number of anilines is 2. The predicted molar refractivity (Wildman–Crippen MR) is 103 cm³/mol. The first-order valence-corrected chi connectivity index (χ1v) is 8.83. The van der Waals surface area contributed by atoms with Crippen molar-refractivity contribution >= 4 is 17.5 Å². The van der Waals surface area contributed by atoms with E-state index in [1.807, 2.05) is 51.1 Å². The van der Waals surface area contributed by atoms with Crippen LogP contribution in [0.3, 0.4) is 0 Å². The standard InChI is InChI=1S/C20H23N5O2/c1-13(2)25(12-16-8-6-5-7-9-16)20(26)17-11-18(22-15(4)21-17)23-19-10-14(3)27-24-19/h5-11,13H,12H2,1-4H3,(H,21,22,23,24). The van der Waals surface area contributed by atoms with Gasteiger partial charge in [-0.05, 0) is 33.3 Å². The summed E-state index contributed by atoms with van der Waals surface area (Å²) in [6, 6.07) is 13.3. The smallest absolute Gasteiger partial charge is 0.273 e. The lowest BCUT2D eigenvalue weighted by molar-refractivity contribution is 0.0684. The molecule has 140 valence electrons. The number of rotatable bonds is 6. The lowest BCUT2D eigenvalue weighted by Crippen LogP contribution is -2.37. The number of nitrogens with zero attached hydrogens (tertiary/aromatic N) is 4. The third-order valence-electron chi connectivity index (χ3n) is 4.02. The van der Waals surface area contributed by atoms with Crippen molar-refractivity contribution in [2.24, 2.45) is 0 Å². The van der Waals surface area contributed by atoms with Crippen LogP contribution in [0.25, 0.3) is 0 Å². The number of aryl methyl sites for hydroxylation is 2. The highest BCUT2D eigenvalue weighted by Gasteiger charge is 2.21. The van der Waals surface area contributed by atoms with Gasteiger partial charge in [0.1, 0.15) is 23.1 Å². The van der Waals surface area contributed by atoms with Crippen molar-refractivity contribution in [3.8, 4) is 0 Å². The molecule has 3 aromatic rings. The van der Waals surface area contributed by atoms with Crippen LogP contribution in [0.15, 0.2) is 47.0 Å². The van der Waals surface area contributed by atoms with Gasteiger partial charge in [-0.2, -0.15) is 0 Å². The predicted octanol–water partition coefficient (Wildman–Crippen LogP) is 3.88. The Kier molecular flexibility index (Phi) is 5.49. The zero-order chi connectivity index (χ0) is 19.4. The Morgan fingerprint density at radius 3 is 2.48 bits per heavy atom. The number of nitrogens with one attached hydrogen (secondary N) is 1. The minimum atomic E-state index is -0.140. The van der Waals surface area contributed by atoms with E-state index in [4.69, 9.17) is 4.52 Å². The molecule has 2 aromatic heterocycles. The van der Waals surface area contributed by atoms with E-state index in [0.717, 1.165) is 5.56 Å². The molecule has 0 aliphatic carbocycles. The topological polar surface area (TPSA) is 84.2 Å². The maximum absolute atomic E-state index is 13.1. The quantitative estimate of drug-likeness (QED) is 0.714. The molecule has 3 rings (SSSR count). The van der Waals surface area contributed by atoms with Gasteiger partial charge in [0.25, 0.3) is 5.91 Å². The van der Waals surface area contributed by atoms with Crippen molar-refractivity contribution in [2.45, 2.75) is 40.3 Å². The summed E-state index contributed by atoms with van der Waals surface area (Å²) in [5.41, 5.74) is 1.41. The fourth-order valence-corrected chi connectivity index (χ4v) is 2.71. The molecule has 0 bridgehead atoms. The molecule has 1 N–H and O–H groups in total. The summed E-state index contributed by atoms with van der Waals surface area (Å²) in [7, 11) is 0. The molecule has 0 radical (unpaired) electrons. The second kappa shape index (κ2) is 7.99. The second-order valence-corrected chi connectivity index (χ2v) is 6.65. The van der Waals surface area contributed by atoms with Gasteiger partial charge >= 0.3 is 0 Å². The Morgan fingerprint density at radius 2 is 1.85 bits per heavy atom. The van der Waals surface area contributed by atoms with Gasteiger partial charge in [0.2, 0.25) is 0 Å². The van der Waals surface area contributed by atoms with Gasteiger partial charge in [0.15, 0.2) is 5.82 Å². The molecule has 7 heteroatoms. The summed E-state index contributed by atoms with van der Waals surface area (Å²) in [4.78, 5) is 23.6. The summed E-state index contributed by atoms with van der Waals surface area (Å²) in [5.74, 6) is 2.09. The first-order valence-electron chi connectivity index (χ1n) is 8.83. The van der Waals surface area contributed by atoms with Crippen LogP contribution in [0.1, 0.15) is 41.5 Å². The number of hydrogen-bond donors (Lipinski definition) is 1. The molecule has 0 fully saturated rings. The van der Waals surface area contributed by atoms with Crippen LogP contribution in [0.2, 0.25) is 0 Å². The van der Waals surface area contributed by atoms with Crippen LogP contribution in [0.4, 0.5) is 11.6 Å².